The average Bonchev–Trinajstić information content (AvgIpc) is 2.28. The summed E-state index contributed by atoms with van der Waals surface area (Å²) in [7, 11) is 1.87. The number of para-hydroxylation sites is 1. The molecule has 0 aromatic heterocycles. The largest absolute Gasteiger partial charge is 0.392 e. The van der Waals surface area contributed by atoms with Crippen LogP contribution in [0.1, 0.15) is 31.7 Å². The van der Waals surface area contributed by atoms with Gasteiger partial charge in [0.1, 0.15) is 5.82 Å². The number of unbranched alkanes of at least 4 members (excludes halogenated alkanes) is 2. The van der Waals surface area contributed by atoms with Crippen molar-refractivity contribution in [3.63, 3.8) is 0 Å². The van der Waals surface area contributed by atoms with Crippen LogP contribution >= 0.6 is 0 Å². The second-order valence-corrected chi connectivity index (χ2v) is 4.03. The zero-order valence-electron chi connectivity index (χ0n) is 10.0. The molecule has 1 aromatic carbocycles. The van der Waals surface area contributed by atoms with E-state index in [4.69, 9.17) is 0 Å². The van der Waals surface area contributed by atoms with E-state index < -0.39 is 0 Å². The molecule has 0 aliphatic rings. The van der Waals surface area contributed by atoms with Crippen LogP contribution in [0.4, 0.5) is 10.1 Å². The number of hydrogen-bond donors (Lipinski definition) is 1. The van der Waals surface area contributed by atoms with Gasteiger partial charge in [-0.3, -0.25) is 0 Å². The summed E-state index contributed by atoms with van der Waals surface area (Å²) in [6.45, 7) is 2.84. The monoisotopic (exact) mass is 225 g/mol. The van der Waals surface area contributed by atoms with Gasteiger partial charge in [-0.1, -0.05) is 31.9 Å². The molecule has 1 rings (SSSR count). The van der Waals surface area contributed by atoms with Gasteiger partial charge >= 0.3 is 0 Å². The van der Waals surface area contributed by atoms with Crippen LogP contribution in [0.15, 0.2) is 18.2 Å². The summed E-state index contributed by atoms with van der Waals surface area (Å²) >= 11 is 0. The Morgan fingerprint density at radius 2 is 2.06 bits per heavy atom. The maximum Gasteiger partial charge on any atom is 0.146 e. The van der Waals surface area contributed by atoms with E-state index >= 15 is 0 Å². The van der Waals surface area contributed by atoms with Crippen molar-refractivity contribution in [2.24, 2.45) is 0 Å². The first-order valence-electron chi connectivity index (χ1n) is 5.80. The summed E-state index contributed by atoms with van der Waals surface area (Å²) in [4.78, 5) is 1.89. The fourth-order valence-corrected chi connectivity index (χ4v) is 1.83. The van der Waals surface area contributed by atoms with Crippen LogP contribution in [0, 0.1) is 5.82 Å². The molecule has 1 N–H and O–H groups in total. The van der Waals surface area contributed by atoms with Crippen molar-refractivity contribution >= 4 is 5.69 Å². The van der Waals surface area contributed by atoms with Gasteiger partial charge in [0.2, 0.25) is 0 Å². The Balaban J connectivity index is 2.76. The van der Waals surface area contributed by atoms with Crippen LogP contribution in [0.2, 0.25) is 0 Å². The Morgan fingerprint density at radius 1 is 1.31 bits per heavy atom. The third kappa shape index (κ3) is 3.20. The lowest BCUT2D eigenvalue weighted by Crippen LogP contribution is -2.21. The standard InChI is InChI=1S/C13H20FNO/c1-3-4-5-9-15(2)13-11(10-16)7-6-8-12(13)14/h6-8,16H,3-5,9-10H2,1-2H3. The van der Waals surface area contributed by atoms with Crippen molar-refractivity contribution in [2.75, 3.05) is 18.5 Å². The Labute approximate surface area is 96.7 Å². The lowest BCUT2D eigenvalue weighted by molar-refractivity contribution is 0.281. The summed E-state index contributed by atoms with van der Waals surface area (Å²) in [5, 5.41) is 9.17. The first-order chi connectivity index (χ1) is 7.70. The van der Waals surface area contributed by atoms with Crippen molar-refractivity contribution in [1.82, 2.24) is 0 Å². The molecule has 16 heavy (non-hydrogen) atoms. The number of halogens is 1. The Bertz CT molecular complexity index is 328. The number of anilines is 1. The molecule has 90 valence electrons. The zero-order chi connectivity index (χ0) is 12.0. The van der Waals surface area contributed by atoms with Crippen molar-refractivity contribution < 1.29 is 9.50 Å². The molecule has 0 spiro atoms. The molecule has 0 fully saturated rings. The second-order valence-electron chi connectivity index (χ2n) is 4.03. The first kappa shape index (κ1) is 13.0. The van der Waals surface area contributed by atoms with E-state index in [0.29, 0.717) is 11.3 Å². The third-order valence-corrected chi connectivity index (χ3v) is 2.72. The predicted molar refractivity (Wildman–Crippen MR) is 65.1 cm³/mol. The van der Waals surface area contributed by atoms with E-state index in [2.05, 4.69) is 6.92 Å². The minimum atomic E-state index is -0.259. The summed E-state index contributed by atoms with van der Waals surface area (Å²) in [5.41, 5.74) is 1.18. The molecular formula is C13H20FNO. The summed E-state index contributed by atoms with van der Waals surface area (Å²) in [6.07, 6.45) is 3.34. The van der Waals surface area contributed by atoms with Gasteiger partial charge < -0.3 is 10.0 Å². The number of hydrogen-bond acceptors (Lipinski definition) is 2. The van der Waals surface area contributed by atoms with Crippen molar-refractivity contribution in [3.8, 4) is 0 Å². The van der Waals surface area contributed by atoms with Crippen LogP contribution in [-0.2, 0) is 6.61 Å². The van der Waals surface area contributed by atoms with Crippen LogP contribution in [0.3, 0.4) is 0 Å². The summed E-state index contributed by atoms with van der Waals surface area (Å²) in [6, 6.07) is 4.82. The van der Waals surface area contributed by atoms with Crippen LogP contribution in [0.25, 0.3) is 0 Å². The molecule has 0 saturated heterocycles. The highest BCUT2D eigenvalue weighted by atomic mass is 19.1. The van der Waals surface area contributed by atoms with Crippen LogP contribution in [0.5, 0.6) is 0 Å². The SMILES string of the molecule is CCCCCN(C)c1c(F)cccc1CO. The van der Waals surface area contributed by atoms with Gasteiger partial charge in [-0.05, 0) is 12.5 Å². The highest BCUT2D eigenvalue weighted by Gasteiger charge is 2.11. The number of benzene rings is 1. The first-order valence-corrected chi connectivity index (χ1v) is 5.80. The van der Waals surface area contributed by atoms with Gasteiger partial charge in [-0.15, -0.1) is 0 Å². The molecule has 0 unspecified atom stereocenters. The Hall–Kier alpha value is -1.09. The predicted octanol–water partition coefficient (Wildman–Crippen LogP) is 2.94. The number of rotatable bonds is 6. The van der Waals surface area contributed by atoms with E-state index in [-0.39, 0.29) is 12.4 Å². The van der Waals surface area contributed by atoms with E-state index in [1.807, 2.05) is 11.9 Å². The van der Waals surface area contributed by atoms with Gasteiger partial charge in [0.05, 0.1) is 12.3 Å². The highest BCUT2D eigenvalue weighted by Crippen LogP contribution is 2.23. The maximum absolute atomic E-state index is 13.6. The van der Waals surface area contributed by atoms with Crippen molar-refractivity contribution in [3.05, 3.63) is 29.6 Å². The van der Waals surface area contributed by atoms with Gasteiger partial charge in [0, 0.05) is 19.2 Å². The second kappa shape index (κ2) is 6.48. The fourth-order valence-electron chi connectivity index (χ4n) is 1.83. The summed E-state index contributed by atoms with van der Waals surface area (Å²) < 4.78 is 13.6. The third-order valence-electron chi connectivity index (χ3n) is 2.72. The van der Waals surface area contributed by atoms with Gasteiger partial charge in [0.15, 0.2) is 0 Å². The lowest BCUT2D eigenvalue weighted by atomic mass is 10.1. The molecular weight excluding hydrogens is 205 g/mol. The molecule has 2 nitrogen and oxygen atoms in total. The molecule has 0 aliphatic carbocycles. The average molecular weight is 225 g/mol. The molecule has 1 aromatic rings. The molecule has 0 bridgehead atoms. The highest BCUT2D eigenvalue weighted by molar-refractivity contribution is 5.54. The van der Waals surface area contributed by atoms with Crippen LogP contribution in [-0.4, -0.2) is 18.7 Å². The van der Waals surface area contributed by atoms with E-state index in [1.165, 1.54) is 6.07 Å². The molecule has 0 amide bonds. The topological polar surface area (TPSA) is 23.5 Å². The van der Waals surface area contributed by atoms with Crippen molar-refractivity contribution in [1.29, 1.82) is 0 Å². The molecule has 0 aliphatic heterocycles. The maximum atomic E-state index is 13.6. The van der Waals surface area contributed by atoms with E-state index in [9.17, 15) is 9.50 Å². The summed E-state index contributed by atoms with van der Waals surface area (Å²) in [5.74, 6) is -0.259. The molecule has 0 radical (unpaired) electrons. The normalized spacial score (nSPS) is 10.5. The minimum absolute atomic E-state index is 0.120. The smallest absolute Gasteiger partial charge is 0.146 e. The Morgan fingerprint density at radius 3 is 2.69 bits per heavy atom. The van der Waals surface area contributed by atoms with Gasteiger partial charge in [-0.25, -0.2) is 4.39 Å². The van der Waals surface area contributed by atoms with Crippen molar-refractivity contribution in [2.45, 2.75) is 32.8 Å². The lowest BCUT2D eigenvalue weighted by Gasteiger charge is -2.22. The van der Waals surface area contributed by atoms with E-state index in [1.54, 1.807) is 12.1 Å². The van der Waals surface area contributed by atoms with Gasteiger partial charge in [-0.2, -0.15) is 0 Å². The molecule has 0 heterocycles. The molecule has 0 saturated carbocycles. The molecule has 3 heteroatoms. The number of aliphatic hydroxyl groups excluding tert-OH is 1. The van der Waals surface area contributed by atoms with E-state index in [0.717, 1.165) is 25.8 Å². The quantitative estimate of drug-likeness (QED) is 0.752. The van der Waals surface area contributed by atoms with Gasteiger partial charge in [0.25, 0.3) is 0 Å². The Kier molecular flexibility index (Phi) is 5.26. The minimum Gasteiger partial charge on any atom is -0.392 e. The zero-order valence-corrected chi connectivity index (χ0v) is 10.0. The molecule has 0 atom stereocenters. The number of aliphatic hydroxyl groups is 1. The number of nitrogens with zero attached hydrogens (tertiary/aromatic N) is 1. The van der Waals surface area contributed by atoms with Crippen LogP contribution < -0.4 is 4.90 Å². The fraction of sp³-hybridized carbons (Fsp3) is 0.538.